The molecule has 0 fully saturated rings. The third kappa shape index (κ3) is 1.70. The molecule has 0 saturated carbocycles. The summed E-state index contributed by atoms with van der Waals surface area (Å²) in [5.74, 6) is 0.969. The lowest BCUT2D eigenvalue weighted by atomic mass is 10.1. The van der Waals surface area contributed by atoms with Gasteiger partial charge in [-0.2, -0.15) is 0 Å². The zero-order chi connectivity index (χ0) is 15.4. The van der Waals surface area contributed by atoms with Gasteiger partial charge in [0.25, 0.3) is 0 Å². The van der Waals surface area contributed by atoms with Crippen molar-refractivity contribution in [1.29, 1.82) is 0 Å². The number of hydrogen-bond donors (Lipinski definition) is 1. The first-order valence-electron chi connectivity index (χ1n) is 7.81. The van der Waals surface area contributed by atoms with Gasteiger partial charge in [-0.3, -0.25) is 0 Å². The number of benzene rings is 3. The van der Waals surface area contributed by atoms with Gasteiger partial charge in [-0.1, -0.05) is 48.5 Å². The van der Waals surface area contributed by atoms with Crippen molar-refractivity contribution in [1.82, 2.24) is 4.98 Å². The van der Waals surface area contributed by atoms with Crippen LogP contribution in [0.3, 0.4) is 0 Å². The average Bonchev–Trinajstić information content (AvgIpc) is 3.13. The number of nitrogens with zero attached hydrogens (tertiary/aromatic N) is 1. The number of aromatic amines is 1. The molecule has 1 unspecified atom stereocenters. The van der Waals surface area contributed by atoms with Crippen molar-refractivity contribution in [3.05, 3.63) is 72.3 Å². The van der Waals surface area contributed by atoms with E-state index in [1.165, 1.54) is 16.3 Å². The Hall–Kier alpha value is -2.94. The fraction of sp³-hybridized carbons (Fsp3) is 0.100. The number of fused-ring (bicyclic) bond motifs is 5. The van der Waals surface area contributed by atoms with Gasteiger partial charge < -0.3 is 14.6 Å². The molecule has 0 bridgehead atoms. The Kier molecular flexibility index (Phi) is 2.48. The number of H-pyrrole nitrogens is 1. The van der Waals surface area contributed by atoms with Crippen LogP contribution in [0.15, 0.2) is 66.7 Å². The summed E-state index contributed by atoms with van der Waals surface area (Å²) in [4.78, 5) is 5.68. The van der Waals surface area contributed by atoms with Crippen molar-refractivity contribution >= 4 is 27.5 Å². The Labute approximate surface area is 134 Å². The average molecular weight is 300 g/mol. The number of rotatable bonds is 1. The number of aromatic nitrogens is 1. The van der Waals surface area contributed by atoms with E-state index in [0.29, 0.717) is 0 Å². The quantitative estimate of drug-likeness (QED) is 0.544. The van der Waals surface area contributed by atoms with Crippen LogP contribution in [-0.4, -0.2) is 12.0 Å². The van der Waals surface area contributed by atoms with Gasteiger partial charge in [-0.15, -0.1) is 0 Å². The molecule has 1 aliphatic heterocycles. The van der Waals surface area contributed by atoms with Crippen LogP contribution in [-0.2, 0) is 0 Å². The van der Waals surface area contributed by atoms with Crippen LogP contribution in [0, 0.1) is 0 Å². The maximum atomic E-state index is 6.39. The molecule has 4 aromatic rings. The van der Waals surface area contributed by atoms with E-state index in [4.69, 9.17) is 4.74 Å². The van der Waals surface area contributed by atoms with Gasteiger partial charge in [0.1, 0.15) is 0 Å². The second kappa shape index (κ2) is 4.53. The summed E-state index contributed by atoms with van der Waals surface area (Å²) in [7, 11) is 2.09. The number of hydrogen-bond acceptors (Lipinski definition) is 2. The molecular weight excluding hydrogens is 284 g/mol. The molecule has 2 heterocycles. The number of nitrogens with one attached hydrogen (secondary N) is 1. The molecular formula is C20H16N2O. The van der Waals surface area contributed by atoms with E-state index in [0.717, 1.165) is 22.5 Å². The summed E-state index contributed by atoms with van der Waals surface area (Å²) >= 11 is 0. The Morgan fingerprint density at radius 3 is 2.52 bits per heavy atom. The fourth-order valence-electron chi connectivity index (χ4n) is 3.52. The number of para-hydroxylation sites is 1. The first-order valence-corrected chi connectivity index (χ1v) is 7.81. The standard InChI is InChI=1S/C20H16N2O/c1-22-17-12-11-16-18(14-9-5-6-10-15(14)21-16)19(17)23-20(22)13-7-3-2-4-8-13/h2-12,20-21H,1H3. The molecule has 3 nitrogen and oxygen atoms in total. The van der Waals surface area contributed by atoms with E-state index < -0.39 is 0 Å². The normalized spacial score (nSPS) is 16.7. The molecule has 0 radical (unpaired) electrons. The molecule has 1 atom stereocenters. The van der Waals surface area contributed by atoms with Crippen LogP contribution in [0.2, 0.25) is 0 Å². The largest absolute Gasteiger partial charge is 0.463 e. The predicted molar refractivity (Wildman–Crippen MR) is 94.0 cm³/mol. The summed E-state index contributed by atoms with van der Waals surface area (Å²) < 4.78 is 6.39. The van der Waals surface area contributed by atoms with Crippen molar-refractivity contribution in [2.45, 2.75) is 6.23 Å². The Morgan fingerprint density at radius 2 is 1.65 bits per heavy atom. The van der Waals surface area contributed by atoms with Gasteiger partial charge >= 0.3 is 0 Å². The van der Waals surface area contributed by atoms with Crippen LogP contribution in [0.1, 0.15) is 11.8 Å². The first kappa shape index (κ1) is 12.6. The minimum atomic E-state index is -0.0783. The van der Waals surface area contributed by atoms with Gasteiger partial charge in [-0.25, -0.2) is 0 Å². The zero-order valence-corrected chi connectivity index (χ0v) is 12.8. The summed E-state index contributed by atoms with van der Waals surface area (Å²) in [5, 5.41) is 2.38. The molecule has 0 saturated heterocycles. The molecule has 1 N–H and O–H groups in total. The van der Waals surface area contributed by atoms with E-state index in [9.17, 15) is 0 Å². The van der Waals surface area contributed by atoms with Crippen LogP contribution in [0.25, 0.3) is 21.8 Å². The monoisotopic (exact) mass is 300 g/mol. The molecule has 0 spiro atoms. The summed E-state index contributed by atoms with van der Waals surface area (Å²) in [5.41, 5.74) is 4.56. The lowest BCUT2D eigenvalue weighted by Crippen LogP contribution is -2.22. The van der Waals surface area contributed by atoms with Crippen LogP contribution >= 0.6 is 0 Å². The molecule has 0 aliphatic carbocycles. The molecule has 3 aromatic carbocycles. The Bertz CT molecular complexity index is 1020. The second-order valence-corrected chi connectivity index (χ2v) is 6.00. The molecule has 5 rings (SSSR count). The van der Waals surface area contributed by atoms with Gasteiger partial charge in [0.05, 0.1) is 16.6 Å². The highest BCUT2D eigenvalue weighted by Gasteiger charge is 2.31. The highest BCUT2D eigenvalue weighted by atomic mass is 16.5. The highest BCUT2D eigenvalue weighted by molar-refractivity contribution is 6.12. The Balaban J connectivity index is 1.75. The third-order valence-corrected chi connectivity index (χ3v) is 4.65. The van der Waals surface area contributed by atoms with E-state index in [1.807, 2.05) is 6.07 Å². The smallest absolute Gasteiger partial charge is 0.198 e. The van der Waals surface area contributed by atoms with E-state index in [1.54, 1.807) is 0 Å². The number of anilines is 1. The minimum Gasteiger partial charge on any atom is -0.463 e. The van der Waals surface area contributed by atoms with E-state index >= 15 is 0 Å². The Morgan fingerprint density at radius 1 is 0.870 bits per heavy atom. The van der Waals surface area contributed by atoms with Crippen molar-refractivity contribution < 1.29 is 4.74 Å². The number of ether oxygens (including phenoxy) is 1. The van der Waals surface area contributed by atoms with Crippen molar-refractivity contribution in [3.63, 3.8) is 0 Å². The van der Waals surface area contributed by atoms with Crippen LogP contribution in [0.4, 0.5) is 5.69 Å². The molecule has 0 amide bonds. The van der Waals surface area contributed by atoms with Crippen molar-refractivity contribution in [3.8, 4) is 5.75 Å². The summed E-state index contributed by atoms with van der Waals surface area (Å²) in [6.07, 6.45) is -0.0783. The van der Waals surface area contributed by atoms with Crippen LogP contribution < -0.4 is 9.64 Å². The van der Waals surface area contributed by atoms with Gasteiger partial charge in [0, 0.05) is 23.5 Å². The zero-order valence-electron chi connectivity index (χ0n) is 12.8. The maximum Gasteiger partial charge on any atom is 0.198 e. The van der Waals surface area contributed by atoms with Gasteiger partial charge in [0.2, 0.25) is 0 Å². The lowest BCUT2D eigenvalue weighted by molar-refractivity contribution is 0.238. The maximum absolute atomic E-state index is 6.39. The van der Waals surface area contributed by atoms with Gasteiger partial charge in [0.15, 0.2) is 12.0 Å². The topological polar surface area (TPSA) is 28.3 Å². The third-order valence-electron chi connectivity index (χ3n) is 4.65. The minimum absolute atomic E-state index is 0.0783. The fourth-order valence-corrected chi connectivity index (χ4v) is 3.52. The molecule has 23 heavy (non-hydrogen) atoms. The second-order valence-electron chi connectivity index (χ2n) is 6.00. The molecule has 1 aliphatic rings. The highest BCUT2D eigenvalue weighted by Crippen LogP contribution is 2.48. The molecule has 112 valence electrons. The molecule has 3 heteroatoms. The van der Waals surface area contributed by atoms with Crippen LogP contribution in [0.5, 0.6) is 5.75 Å². The predicted octanol–water partition coefficient (Wildman–Crippen LogP) is 4.85. The summed E-state index contributed by atoms with van der Waals surface area (Å²) in [6, 6.07) is 23.0. The van der Waals surface area contributed by atoms with E-state index in [2.05, 4.69) is 77.6 Å². The van der Waals surface area contributed by atoms with E-state index in [-0.39, 0.29) is 6.23 Å². The summed E-state index contributed by atoms with van der Waals surface area (Å²) in [6.45, 7) is 0. The van der Waals surface area contributed by atoms with Gasteiger partial charge in [-0.05, 0) is 18.2 Å². The lowest BCUT2D eigenvalue weighted by Gasteiger charge is -2.20. The SMILES string of the molecule is CN1c2ccc3[nH]c4ccccc4c3c2OC1c1ccccc1. The first-order chi connectivity index (χ1) is 11.3. The van der Waals surface area contributed by atoms with Crippen molar-refractivity contribution in [2.75, 3.05) is 11.9 Å². The van der Waals surface area contributed by atoms with Crippen molar-refractivity contribution in [2.24, 2.45) is 0 Å². The molecule has 1 aromatic heterocycles.